The number of nitrogens with one attached hydrogen (secondary N) is 7. The third kappa shape index (κ3) is 22.5. The summed E-state index contributed by atoms with van der Waals surface area (Å²) in [7, 11) is -4.36. The molecular formula is C85H82F5N28O12PS4. The lowest BCUT2D eigenvalue weighted by Crippen LogP contribution is -2.33. The van der Waals surface area contributed by atoms with Crippen LogP contribution in [0.4, 0.5) is 44.7 Å². The number of aliphatic hydroxyl groups excluding tert-OH is 1. The maximum absolute atomic E-state index is 14.6. The van der Waals surface area contributed by atoms with Crippen LogP contribution in [0.15, 0.2) is 163 Å². The van der Waals surface area contributed by atoms with Crippen LogP contribution in [0.25, 0.3) is 87.8 Å². The molecule has 40 nitrogen and oxygen atoms in total. The van der Waals surface area contributed by atoms with Crippen LogP contribution in [-0.4, -0.2) is 209 Å². The van der Waals surface area contributed by atoms with Crippen molar-refractivity contribution in [3.8, 4) is 87.8 Å². The molecule has 4 fully saturated rings. The van der Waals surface area contributed by atoms with E-state index in [0.717, 1.165) is 85.0 Å². The number of anilines is 4. The van der Waals surface area contributed by atoms with Crippen LogP contribution >= 0.6 is 52.9 Å². The molecule has 50 heteroatoms. The minimum atomic E-state index is -4.36. The molecule has 4 saturated carbocycles. The van der Waals surface area contributed by atoms with Crippen molar-refractivity contribution in [1.82, 2.24) is 120 Å². The second-order valence-electron chi connectivity index (χ2n) is 31.0. The molecule has 20 rings (SSSR count). The zero-order chi connectivity index (χ0) is 94.0. The van der Waals surface area contributed by atoms with E-state index in [9.17, 15) is 50.8 Å². The first-order chi connectivity index (χ1) is 65.4. The van der Waals surface area contributed by atoms with Crippen LogP contribution in [0, 0.1) is 29.5 Å². The minimum Gasteiger partial charge on any atom is -0.393 e. The SMILES string of the molecule is CCOC1CC(n2cc(NC(=O)c3csc(-c4cn[nH]c4)n3)c(-c3nc(F)ccc3F)n2)C1.CCOC1CC(n2cc(NC(=O)c3csc(-c4cnn(OCP(=O)(O)O)c4)n3)c(-c3cccc(F)n3)n2)C1.CCOC1CCC(n2cc(NC(=O)c3csc(-c4cn[nH]c4)n3)c(-c3ncccc3F)n2)CC1.O=C(Nc1cn(C2CC(O)C2)nc1-c1cccc(F)n1)c1csc(-c2cn[nH]c2)n1. The Morgan fingerprint density at radius 1 is 0.437 bits per heavy atom. The number of hydrogen-bond donors (Lipinski definition) is 10. The molecular weight excluding hydrogens is 1860 g/mol. The zero-order valence-corrected chi connectivity index (χ0v) is 75.6. The average molecular weight is 1940 g/mol. The van der Waals surface area contributed by atoms with Crippen molar-refractivity contribution < 1.29 is 79.6 Å². The molecule has 0 aromatic carbocycles. The first-order valence-corrected chi connectivity index (χ1v) is 47.6. The minimum absolute atomic E-state index is 0.0185. The van der Waals surface area contributed by atoms with Crippen LogP contribution in [0.2, 0.25) is 0 Å². The Balaban J connectivity index is 0.000000125. The molecule has 16 heterocycles. The Morgan fingerprint density at radius 3 is 1.24 bits per heavy atom. The maximum Gasteiger partial charge on any atom is 0.365 e. The number of H-pyrrole nitrogens is 3. The number of aliphatic hydroxyl groups is 1. The highest BCUT2D eigenvalue weighted by atomic mass is 32.1. The van der Waals surface area contributed by atoms with E-state index in [0.29, 0.717) is 98.1 Å². The topological polar surface area (TPSA) is 509 Å². The molecule has 10 N–H and O–H groups in total. The number of carbonyl (C=O) groups is 4. The number of amides is 4. The number of pyridine rings is 4. The molecule has 4 amide bonds. The van der Waals surface area contributed by atoms with E-state index in [2.05, 4.69) is 117 Å². The Bertz CT molecular complexity index is 6850. The standard InChI is InChI=1S/C23H24FN7O2S.C22H23FN7O6PS.C21H19F2N7O2S.C19H16FN7O2S/c1-2-33-16-7-5-15(6-8-16)31-12-18(21(30-31)20-17(24)4-3-9-25-20)28-22(32)19-13-34-23(29-19)14-10-26-27-11-14;1-2-35-15-6-14(7-15)29-10-17(20(28-29)16-4-3-5-19(23)25-16)26-21(31)18-11-38-22(27-18)13-8-24-30(9-13)36-12-37(32,33)34;1-2-32-13-5-12(6-13)30-9-15(19(29-30)18-14(22)3-4-17(23)28-18)26-20(31)16-10-33-21(27-16)11-7-24-25-8-11;20-16-3-1-2-13(23-16)17-14(8-27(26-17)11-4-12(28)5-11)24-18(29)15-9-30-19(25-15)10-6-21-22-7-10/h3-4,9-13,15-16H,2,5-8H2,1H3,(H,26,27)(H,28,32);3-5,8-11,14-15H,2,6-7,12H2,1H3,(H,26,31)(H2,32,33,34);3-4,7-10,12-13H,2,5-6H2,1H3,(H,24,25)(H,26,31);1-3,6-9,11-12,28H,4-5H2,(H,21,22)(H,24,29). The predicted octanol–water partition coefficient (Wildman–Crippen LogP) is 14.6. The number of ether oxygens (including phenoxy) is 3. The molecule has 0 atom stereocenters. The highest BCUT2D eigenvalue weighted by Gasteiger charge is 2.37. The van der Waals surface area contributed by atoms with Gasteiger partial charge in [0.05, 0.1) is 119 Å². The average Bonchev–Trinajstić information content (AvgIpc) is 1.65. The molecule has 0 bridgehead atoms. The summed E-state index contributed by atoms with van der Waals surface area (Å²) in [5.41, 5.74) is 6.47. The number of nitrogens with zero attached hydrogens (tertiary/aromatic N) is 21. The van der Waals surface area contributed by atoms with Gasteiger partial charge in [0.25, 0.3) is 23.6 Å². The smallest absolute Gasteiger partial charge is 0.365 e. The Labute approximate surface area is 777 Å². The van der Waals surface area contributed by atoms with E-state index < -0.39 is 67.0 Å². The van der Waals surface area contributed by atoms with Crippen molar-refractivity contribution >= 4 is 99.3 Å². The lowest BCUT2D eigenvalue weighted by Gasteiger charge is -2.34. The first kappa shape index (κ1) is 92.9. The summed E-state index contributed by atoms with van der Waals surface area (Å²) in [4.78, 5) is 109. The largest absolute Gasteiger partial charge is 0.393 e. The molecule has 4 aliphatic carbocycles. The van der Waals surface area contributed by atoms with E-state index in [4.69, 9.17) is 28.8 Å². The third-order valence-corrected chi connectivity index (χ3v) is 25.8. The lowest BCUT2D eigenvalue weighted by atomic mass is 9.89. The number of carbonyl (C=O) groups excluding carboxylic acids is 4. The highest BCUT2D eigenvalue weighted by molar-refractivity contribution is 7.51. The lowest BCUT2D eigenvalue weighted by molar-refractivity contribution is -0.0228. The molecule has 0 aliphatic heterocycles. The fourth-order valence-corrected chi connectivity index (χ4v) is 18.3. The summed E-state index contributed by atoms with van der Waals surface area (Å²) in [5, 5.41) is 71.6. The summed E-state index contributed by atoms with van der Waals surface area (Å²) in [6.07, 6.45) is 28.2. The van der Waals surface area contributed by atoms with Gasteiger partial charge in [0.1, 0.15) is 77.0 Å². The maximum atomic E-state index is 14.6. The first-order valence-electron chi connectivity index (χ1n) is 42.2. The quantitative estimate of drug-likeness (QED) is 0.0118. The molecule has 0 radical (unpaired) electrons. The van der Waals surface area contributed by atoms with E-state index in [1.807, 2.05) is 25.5 Å². The molecule has 4 aliphatic rings. The Kier molecular flexibility index (Phi) is 28.7. The van der Waals surface area contributed by atoms with E-state index >= 15 is 0 Å². The predicted molar refractivity (Wildman–Crippen MR) is 484 cm³/mol. The number of aromatic amines is 3. The van der Waals surface area contributed by atoms with Gasteiger partial charge < -0.3 is 55.2 Å². The molecule has 0 spiro atoms. The monoisotopic (exact) mass is 1940 g/mol. The molecule has 0 unspecified atom stereocenters. The van der Waals surface area contributed by atoms with E-state index in [-0.39, 0.29) is 99.8 Å². The number of halogens is 5. The van der Waals surface area contributed by atoms with Crippen molar-refractivity contribution in [1.29, 1.82) is 0 Å². The second kappa shape index (κ2) is 41.7. The third-order valence-electron chi connectivity index (χ3n) is 21.8. The Hall–Kier alpha value is -13.9. The molecule has 135 heavy (non-hydrogen) atoms. The molecule has 0 saturated heterocycles. The summed E-state index contributed by atoms with van der Waals surface area (Å²) in [6.45, 7) is 7.84. The van der Waals surface area contributed by atoms with Gasteiger partial charge in [-0.2, -0.15) is 48.9 Å². The van der Waals surface area contributed by atoms with Gasteiger partial charge in [-0.15, -0.1) is 55.3 Å². The van der Waals surface area contributed by atoms with Crippen LogP contribution in [0.1, 0.15) is 151 Å². The van der Waals surface area contributed by atoms with Crippen LogP contribution in [0.5, 0.6) is 0 Å². The van der Waals surface area contributed by atoms with Gasteiger partial charge in [-0.25, -0.2) is 43.7 Å². The number of rotatable bonds is 29. The molecule has 698 valence electrons. The molecule has 16 aromatic rings. The van der Waals surface area contributed by atoms with E-state index in [1.54, 1.807) is 110 Å². The molecule has 16 aromatic heterocycles. The van der Waals surface area contributed by atoms with Gasteiger partial charge in [0.15, 0.2) is 11.6 Å². The van der Waals surface area contributed by atoms with Crippen molar-refractivity contribution in [2.75, 3.05) is 47.4 Å². The van der Waals surface area contributed by atoms with Crippen LogP contribution in [-0.2, 0) is 18.8 Å². The van der Waals surface area contributed by atoms with Gasteiger partial charge in [-0.1, -0.05) is 12.1 Å². The second-order valence-corrected chi connectivity index (χ2v) is 36.0. The van der Waals surface area contributed by atoms with Gasteiger partial charge >= 0.3 is 7.60 Å². The summed E-state index contributed by atoms with van der Waals surface area (Å²) < 4.78 is 105. The normalized spacial score (nSPS) is 17.8. The number of hydrogen-bond acceptors (Lipinski definition) is 30. The fourth-order valence-electron chi connectivity index (χ4n) is 14.9. The van der Waals surface area contributed by atoms with Crippen molar-refractivity contribution in [3.63, 3.8) is 0 Å². The number of thiazole rings is 4. The number of aromatic nitrogens is 24. The fraction of sp³-hybridized carbons (Fsp3) is 0.294. The summed E-state index contributed by atoms with van der Waals surface area (Å²) in [6, 6.07) is 13.8. The highest BCUT2D eigenvalue weighted by Crippen LogP contribution is 2.43. The van der Waals surface area contributed by atoms with Gasteiger partial charge in [0, 0.05) is 108 Å². The van der Waals surface area contributed by atoms with Crippen LogP contribution < -0.4 is 26.1 Å². The summed E-state index contributed by atoms with van der Waals surface area (Å²) in [5.74, 6) is -5.20. The van der Waals surface area contributed by atoms with Crippen LogP contribution in [0.3, 0.4) is 0 Å². The van der Waals surface area contributed by atoms with Gasteiger partial charge in [-0.05, 0) is 134 Å². The van der Waals surface area contributed by atoms with Gasteiger partial charge in [-0.3, -0.25) is 62.8 Å². The van der Waals surface area contributed by atoms with Crippen molar-refractivity contribution in [2.45, 2.75) is 134 Å². The zero-order valence-electron chi connectivity index (χ0n) is 71.5. The van der Waals surface area contributed by atoms with E-state index in [1.165, 1.54) is 100 Å². The van der Waals surface area contributed by atoms with Gasteiger partial charge in [0.2, 0.25) is 24.2 Å². The van der Waals surface area contributed by atoms with Crippen molar-refractivity contribution in [3.05, 3.63) is 215 Å². The Morgan fingerprint density at radius 2 is 0.830 bits per heavy atom. The van der Waals surface area contributed by atoms with Crippen molar-refractivity contribution in [2.24, 2.45) is 0 Å². The summed E-state index contributed by atoms with van der Waals surface area (Å²) >= 11 is 5.14.